The van der Waals surface area contributed by atoms with Gasteiger partial charge in [-0.1, -0.05) is 61.9 Å². The molecule has 0 radical (unpaired) electrons. The van der Waals surface area contributed by atoms with Crippen LogP contribution < -0.4 is 10.1 Å². The molecule has 4 rings (SSSR count). The first-order chi connectivity index (χ1) is 16.2. The van der Waals surface area contributed by atoms with Crippen molar-refractivity contribution in [1.29, 1.82) is 0 Å². The number of ether oxygens (including phenoxy) is 1. The number of carbonyl (C=O) groups excluding carboxylic acids is 1. The molecule has 0 spiro atoms. The van der Waals surface area contributed by atoms with Crippen LogP contribution in [-0.2, 0) is 10.2 Å². The third kappa shape index (κ3) is 6.38. The molecule has 1 aliphatic heterocycles. The van der Waals surface area contributed by atoms with Crippen molar-refractivity contribution in [2.24, 2.45) is 0 Å². The molecule has 33 heavy (non-hydrogen) atoms. The molecule has 0 bridgehead atoms. The van der Waals surface area contributed by atoms with E-state index in [1.807, 2.05) is 24.3 Å². The highest BCUT2D eigenvalue weighted by Gasteiger charge is 2.41. The molecular weight excluding hydrogens is 408 g/mol. The van der Waals surface area contributed by atoms with Gasteiger partial charge < -0.3 is 15.0 Å². The van der Waals surface area contributed by atoms with Crippen molar-refractivity contribution < 1.29 is 9.53 Å². The smallest absolute Gasteiger partial charge is 0.235 e. The first-order valence-corrected chi connectivity index (χ1v) is 13.0. The zero-order valence-electron chi connectivity index (χ0n) is 20.3. The topological polar surface area (TPSA) is 41.6 Å². The monoisotopic (exact) mass is 448 g/mol. The van der Waals surface area contributed by atoms with E-state index >= 15 is 0 Å². The number of benzene rings is 2. The van der Waals surface area contributed by atoms with Crippen molar-refractivity contribution >= 4 is 11.6 Å². The summed E-state index contributed by atoms with van der Waals surface area (Å²) in [5.74, 6) is 0.993. The summed E-state index contributed by atoms with van der Waals surface area (Å²) in [6, 6.07) is 16.4. The van der Waals surface area contributed by atoms with E-state index in [1.165, 1.54) is 50.8 Å². The molecule has 4 heteroatoms. The van der Waals surface area contributed by atoms with Crippen LogP contribution in [0.2, 0.25) is 0 Å². The summed E-state index contributed by atoms with van der Waals surface area (Å²) in [5, 5.41) is 3.21. The maximum absolute atomic E-state index is 13.5. The van der Waals surface area contributed by atoms with Crippen LogP contribution in [0.3, 0.4) is 0 Å². The number of anilines is 1. The molecular formula is C29H40N2O2. The molecule has 0 atom stereocenters. The fourth-order valence-electron chi connectivity index (χ4n) is 5.40. The first-order valence-electron chi connectivity index (χ1n) is 13.0. The molecule has 2 aromatic carbocycles. The summed E-state index contributed by atoms with van der Waals surface area (Å²) in [6.45, 7) is 6.42. The third-order valence-electron chi connectivity index (χ3n) is 7.44. The van der Waals surface area contributed by atoms with Gasteiger partial charge in [-0.05, 0) is 81.9 Å². The second-order valence-corrected chi connectivity index (χ2v) is 9.95. The Kier molecular flexibility index (Phi) is 8.44. The average molecular weight is 449 g/mol. The number of rotatable bonds is 8. The zero-order chi connectivity index (χ0) is 22.9. The van der Waals surface area contributed by atoms with Gasteiger partial charge in [-0.15, -0.1) is 0 Å². The van der Waals surface area contributed by atoms with Crippen molar-refractivity contribution in [3.8, 4) is 5.75 Å². The summed E-state index contributed by atoms with van der Waals surface area (Å²) >= 11 is 0. The van der Waals surface area contributed by atoms with Crippen LogP contribution in [0.5, 0.6) is 5.75 Å². The van der Waals surface area contributed by atoms with Gasteiger partial charge in [0.05, 0.1) is 12.0 Å². The molecule has 1 amide bonds. The van der Waals surface area contributed by atoms with E-state index in [0.29, 0.717) is 0 Å². The van der Waals surface area contributed by atoms with E-state index in [4.69, 9.17) is 4.74 Å². The number of hydrogen-bond donors (Lipinski definition) is 1. The van der Waals surface area contributed by atoms with Crippen molar-refractivity contribution in [3.63, 3.8) is 0 Å². The summed E-state index contributed by atoms with van der Waals surface area (Å²) in [4.78, 5) is 16.1. The maximum Gasteiger partial charge on any atom is 0.235 e. The molecule has 2 fully saturated rings. The Hall–Kier alpha value is -2.33. The predicted molar refractivity (Wildman–Crippen MR) is 136 cm³/mol. The van der Waals surface area contributed by atoms with Crippen molar-refractivity contribution in [1.82, 2.24) is 4.90 Å². The number of carbonyl (C=O) groups is 1. The summed E-state index contributed by atoms with van der Waals surface area (Å²) in [7, 11) is 0. The quantitative estimate of drug-likeness (QED) is 0.470. The summed E-state index contributed by atoms with van der Waals surface area (Å²) in [6.07, 6.45) is 11.7. The van der Waals surface area contributed by atoms with Gasteiger partial charge >= 0.3 is 0 Å². The molecule has 1 saturated heterocycles. The van der Waals surface area contributed by atoms with Gasteiger partial charge in [-0.25, -0.2) is 0 Å². The van der Waals surface area contributed by atoms with E-state index in [9.17, 15) is 4.79 Å². The molecule has 1 N–H and O–H groups in total. The van der Waals surface area contributed by atoms with Gasteiger partial charge in [0, 0.05) is 12.2 Å². The molecule has 2 aliphatic rings. The number of aryl methyl sites for hydroxylation is 1. The largest absolute Gasteiger partial charge is 0.494 e. The standard InChI is InChI=1S/C29H40N2O2/c1-24-10-12-25(13-11-24)29(18-5-4-6-19-29)28(32)30-26-14-16-27(17-15-26)33-23-9-22-31-20-7-2-3-8-21-31/h10-17H,2-9,18-23H2,1H3,(H,30,32). The van der Waals surface area contributed by atoms with E-state index < -0.39 is 5.41 Å². The van der Waals surface area contributed by atoms with Gasteiger partial charge in [-0.3, -0.25) is 4.79 Å². The highest BCUT2D eigenvalue weighted by Crippen LogP contribution is 2.40. The van der Waals surface area contributed by atoms with Gasteiger partial charge in [0.1, 0.15) is 5.75 Å². The van der Waals surface area contributed by atoms with E-state index in [-0.39, 0.29) is 5.91 Å². The van der Waals surface area contributed by atoms with Crippen LogP contribution in [0, 0.1) is 6.92 Å². The van der Waals surface area contributed by atoms with Gasteiger partial charge in [-0.2, -0.15) is 0 Å². The zero-order valence-corrected chi connectivity index (χ0v) is 20.3. The second kappa shape index (κ2) is 11.7. The number of hydrogen-bond acceptors (Lipinski definition) is 3. The van der Waals surface area contributed by atoms with Gasteiger partial charge in [0.25, 0.3) is 0 Å². The molecule has 178 valence electrons. The Morgan fingerprint density at radius 2 is 1.52 bits per heavy atom. The minimum atomic E-state index is -0.422. The van der Waals surface area contributed by atoms with Crippen LogP contribution in [0.4, 0.5) is 5.69 Å². The second-order valence-electron chi connectivity index (χ2n) is 9.95. The predicted octanol–water partition coefficient (Wildman–Crippen LogP) is 6.48. The van der Waals surface area contributed by atoms with Crippen molar-refractivity contribution in [2.45, 2.75) is 76.5 Å². The average Bonchev–Trinajstić information content (AvgIpc) is 3.12. The highest BCUT2D eigenvalue weighted by molar-refractivity contribution is 5.99. The summed E-state index contributed by atoms with van der Waals surface area (Å²) in [5.41, 5.74) is 2.80. The van der Waals surface area contributed by atoms with Crippen LogP contribution in [-0.4, -0.2) is 37.0 Å². The van der Waals surface area contributed by atoms with E-state index in [2.05, 4.69) is 41.4 Å². The lowest BCUT2D eigenvalue weighted by molar-refractivity contribution is -0.122. The van der Waals surface area contributed by atoms with Crippen LogP contribution in [0.25, 0.3) is 0 Å². The Labute approximate surface area is 199 Å². The molecule has 1 heterocycles. The van der Waals surface area contributed by atoms with Crippen LogP contribution in [0.1, 0.15) is 75.3 Å². The van der Waals surface area contributed by atoms with E-state index in [0.717, 1.165) is 62.3 Å². The van der Waals surface area contributed by atoms with Crippen molar-refractivity contribution in [2.75, 3.05) is 31.6 Å². The SMILES string of the molecule is Cc1ccc(C2(C(=O)Nc3ccc(OCCCN4CCCCCC4)cc3)CCCCC2)cc1. The normalized spacial score (nSPS) is 18.9. The molecule has 4 nitrogen and oxygen atoms in total. The van der Waals surface area contributed by atoms with Crippen LogP contribution >= 0.6 is 0 Å². The first kappa shape index (κ1) is 23.8. The minimum absolute atomic E-state index is 0.122. The maximum atomic E-state index is 13.5. The molecule has 0 unspecified atom stereocenters. The fraction of sp³-hybridized carbons (Fsp3) is 0.552. The van der Waals surface area contributed by atoms with Gasteiger partial charge in [0.2, 0.25) is 5.91 Å². The molecule has 1 saturated carbocycles. The Bertz CT molecular complexity index is 861. The number of nitrogens with zero attached hydrogens (tertiary/aromatic N) is 1. The summed E-state index contributed by atoms with van der Waals surface area (Å²) < 4.78 is 5.97. The lowest BCUT2D eigenvalue weighted by Crippen LogP contribution is -2.42. The highest BCUT2D eigenvalue weighted by atomic mass is 16.5. The Morgan fingerprint density at radius 3 is 2.18 bits per heavy atom. The van der Waals surface area contributed by atoms with Crippen molar-refractivity contribution in [3.05, 3.63) is 59.7 Å². The van der Waals surface area contributed by atoms with E-state index in [1.54, 1.807) is 0 Å². The third-order valence-corrected chi connectivity index (χ3v) is 7.44. The Morgan fingerprint density at radius 1 is 0.879 bits per heavy atom. The molecule has 0 aromatic heterocycles. The number of nitrogens with one attached hydrogen (secondary N) is 1. The molecule has 1 aliphatic carbocycles. The Balaban J connectivity index is 1.30. The van der Waals surface area contributed by atoms with Gasteiger partial charge in [0.15, 0.2) is 0 Å². The fourth-order valence-corrected chi connectivity index (χ4v) is 5.40. The number of likely N-dealkylation sites (tertiary alicyclic amines) is 1. The molecule has 2 aromatic rings. The minimum Gasteiger partial charge on any atom is -0.494 e. The van der Waals surface area contributed by atoms with Crippen LogP contribution in [0.15, 0.2) is 48.5 Å². The number of amides is 1. The lowest BCUT2D eigenvalue weighted by atomic mass is 9.68. The lowest BCUT2D eigenvalue weighted by Gasteiger charge is -2.36.